The summed E-state index contributed by atoms with van der Waals surface area (Å²) >= 11 is 4.04. The molecule has 0 fully saturated rings. The summed E-state index contributed by atoms with van der Waals surface area (Å²) in [5.41, 5.74) is 0.795. The van der Waals surface area contributed by atoms with Crippen LogP contribution in [0.2, 0.25) is 0 Å². The van der Waals surface area contributed by atoms with E-state index in [-0.39, 0.29) is 0 Å². The van der Waals surface area contributed by atoms with Crippen LogP contribution >= 0.6 is 12.2 Å². The summed E-state index contributed by atoms with van der Waals surface area (Å²) in [6.07, 6.45) is 0. The van der Waals surface area contributed by atoms with Gasteiger partial charge in [-0.2, -0.15) is 8.42 Å². The monoisotopic (exact) mass is 123 g/mol. The maximum absolute atomic E-state index is 9.33. The SMILES string of the molecule is O=S(=O)=NC=S. The normalized spacial score (nSPS) is 6.67. The van der Waals surface area contributed by atoms with Crippen LogP contribution in [0, 0.1) is 0 Å². The Kier molecular flexibility index (Phi) is 2.78. The molecule has 0 aliphatic heterocycles. The molecule has 34 valence electrons. The van der Waals surface area contributed by atoms with E-state index in [9.17, 15) is 8.42 Å². The minimum absolute atomic E-state index is 0.795. The zero-order chi connectivity index (χ0) is 4.99. The second-order valence-electron chi connectivity index (χ2n) is 0.428. The summed E-state index contributed by atoms with van der Waals surface area (Å²) in [4.78, 5) is 0. The average Bonchev–Trinajstić information content (AvgIpc) is 1.35. The van der Waals surface area contributed by atoms with Gasteiger partial charge in [0.05, 0.1) is 0 Å². The van der Waals surface area contributed by atoms with Crippen molar-refractivity contribution in [3.05, 3.63) is 0 Å². The molecule has 0 rings (SSSR count). The molecule has 0 spiro atoms. The van der Waals surface area contributed by atoms with Crippen molar-refractivity contribution in [2.45, 2.75) is 0 Å². The summed E-state index contributed by atoms with van der Waals surface area (Å²) in [6, 6.07) is 0. The quantitative estimate of drug-likeness (QED) is 0.461. The molecule has 6 heavy (non-hydrogen) atoms. The lowest BCUT2D eigenvalue weighted by molar-refractivity contribution is 0.623. The molecule has 0 aliphatic rings. The van der Waals surface area contributed by atoms with Crippen molar-refractivity contribution in [2.24, 2.45) is 4.36 Å². The number of nitrogens with zero attached hydrogens (tertiary/aromatic N) is 1. The zero-order valence-corrected chi connectivity index (χ0v) is 4.29. The molecular weight excluding hydrogens is 122 g/mol. The van der Waals surface area contributed by atoms with Crippen molar-refractivity contribution in [3.63, 3.8) is 0 Å². The molecule has 0 saturated carbocycles. The first-order valence-electron chi connectivity index (χ1n) is 1.01. The lowest BCUT2D eigenvalue weighted by Gasteiger charge is -1.46. The molecule has 5 heteroatoms. The van der Waals surface area contributed by atoms with Gasteiger partial charge in [-0.1, -0.05) is 12.2 Å². The fourth-order valence-corrected chi connectivity index (χ4v) is 0.316. The van der Waals surface area contributed by atoms with E-state index in [1.165, 1.54) is 0 Å². The van der Waals surface area contributed by atoms with Crippen LogP contribution in [0.3, 0.4) is 0 Å². The second-order valence-corrected chi connectivity index (χ2v) is 1.28. The molecule has 0 aromatic carbocycles. The van der Waals surface area contributed by atoms with Gasteiger partial charge in [0, 0.05) is 0 Å². The molecule has 0 aliphatic carbocycles. The molecule has 0 amide bonds. The van der Waals surface area contributed by atoms with Crippen molar-refractivity contribution in [3.8, 4) is 0 Å². The van der Waals surface area contributed by atoms with E-state index in [1.54, 1.807) is 0 Å². The first-order chi connectivity index (χ1) is 2.77. The summed E-state index contributed by atoms with van der Waals surface area (Å²) < 4.78 is 21.4. The Labute approximate surface area is 41.7 Å². The van der Waals surface area contributed by atoms with Crippen molar-refractivity contribution in [2.75, 3.05) is 0 Å². The van der Waals surface area contributed by atoms with Crippen LogP contribution in [-0.2, 0) is 10.5 Å². The van der Waals surface area contributed by atoms with Gasteiger partial charge in [0.2, 0.25) is 0 Å². The van der Waals surface area contributed by atoms with Crippen LogP contribution in [-0.4, -0.2) is 13.9 Å². The molecule has 0 radical (unpaired) electrons. The van der Waals surface area contributed by atoms with Crippen LogP contribution in [0.5, 0.6) is 0 Å². The molecule has 0 heterocycles. The highest BCUT2D eigenvalue weighted by Gasteiger charge is 1.54. The topological polar surface area (TPSA) is 46.5 Å². The average molecular weight is 123 g/mol. The molecule has 0 bridgehead atoms. The molecule has 0 atom stereocenters. The minimum Gasteiger partial charge on any atom is -0.163 e. The number of rotatable bonds is 1. The Bertz CT molecular complexity index is 146. The van der Waals surface area contributed by atoms with Crippen LogP contribution < -0.4 is 0 Å². The Morgan fingerprint density at radius 1 is 1.67 bits per heavy atom. The van der Waals surface area contributed by atoms with Crippen LogP contribution in [0.25, 0.3) is 0 Å². The molecule has 0 aromatic rings. The third-order valence-electron chi connectivity index (χ3n) is 0.129. The molecule has 3 nitrogen and oxygen atoms in total. The maximum atomic E-state index is 9.33. The predicted octanol–water partition coefficient (Wildman–Crippen LogP) is 0.00630. The van der Waals surface area contributed by atoms with Crippen molar-refractivity contribution in [1.82, 2.24) is 0 Å². The highest BCUT2D eigenvalue weighted by molar-refractivity contribution is 7.79. The number of hydrogen-bond donors (Lipinski definition) is 0. The Morgan fingerprint density at radius 2 is 2.17 bits per heavy atom. The summed E-state index contributed by atoms with van der Waals surface area (Å²) in [6.45, 7) is 0. The second kappa shape index (κ2) is 2.92. The van der Waals surface area contributed by atoms with Crippen LogP contribution in [0.4, 0.5) is 0 Å². The van der Waals surface area contributed by atoms with E-state index < -0.39 is 10.5 Å². The highest BCUT2D eigenvalue weighted by Crippen LogP contribution is 1.52. The van der Waals surface area contributed by atoms with Crippen LogP contribution in [0.15, 0.2) is 4.36 Å². The van der Waals surface area contributed by atoms with Crippen molar-refractivity contribution >= 4 is 28.2 Å². The van der Waals surface area contributed by atoms with Gasteiger partial charge >= 0.3 is 10.5 Å². The molecule has 0 aromatic heterocycles. The Balaban J connectivity index is 4.17. The maximum Gasteiger partial charge on any atom is 0.316 e. The third-order valence-corrected chi connectivity index (χ3v) is 0.645. The predicted molar refractivity (Wildman–Crippen MR) is 25.0 cm³/mol. The lowest BCUT2D eigenvalue weighted by Crippen LogP contribution is -1.53. The fraction of sp³-hybridized carbons (Fsp3) is 0. The van der Waals surface area contributed by atoms with Gasteiger partial charge in [-0.05, 0) is 0 Å². The van der Waals surface area contributed by atoms with E-state index in [4.69, 9.17) is 0 Å². The largest absolute Gasteiger partial charge is 0.316 e. The van der Waals surface area contributed by atoms with Gasteiger partial charge in [-0.15, -0.1) is 4.36 Å². The van der Waals surface area contributed by atoms with Gasteiger partial charge in [-0.25, -0.2) is 0 Å². The van der Waals surface area contributed by atoms with E-state index in [0.717, 1.165) is 5.49 Å². The van der Waals surface area contributed by atoms with Crippen molar-refractivity contribution < 1.29 is 8.42 Å². The van der Waals surface area contributed by atoms with Crippen LogP contribution in [0.1, 0.15) is 0 Å². The standard InChI is InChI=1S/CHNO2S2/c3-6(4)2-1-5/h1H. The first-order valence-corrected chi connectivity index (χ1v) is 2.51. The van der Waals surface area contributed by atoms with Gasteiger partial charge < -0.3 is 0 Å². The number of hydrogen-bond acceptors (Lipinski definition) is 3. The Hall–Kier alpha value is -0.290. The van der Waals surface area contributed by atoms with E-state index >= 15 is 0 Å². The summed E-state index contributed by atoms with van der Waals surface area (Å²) in [7, 11) is -2.35. The lowest BCUT2D eigenvalue weighted by atomic mass is 11.6. The molecule has 0 unspecified atom stereocenters. The smallest absolute Gasteiger partial charge is 0.163 e. The van der Waals surface area contributed by atoms with Crippen molar-refractivity contribution in [1.29, 1.82) is 0 Å². The first kappa shape index (κ1) is 5.71. The van der Waals surface area contributed by atoms with Gasteiger partial charge in [0.25, 0.3) is 0 Å². The zero-order valence-electron chi connectivity index (χ0n) is 2.66. The molecule has 0 saturated heterocycles. The highest BCUT2D eigenvalue weighted by atomic mass is 32.2. The summed E-state index contributed by atoms with van der Waals surface area (Å²) in [5.74, 6) is 0. The van der Waals surface area contributed by atoms with Gasteiger partial charge in [0.1, 0.15) is 5.49 Å². The van der Waals surface area contributed by atoms with E-state index in [2.05, 4.69) is 16.6 Å². The molecule has 0 N–H and O–H groups in total. The molecular formula is CHNO2S2. The minimum atomic E-state index is -2.35. The van der Waals surface area contributed by atoms with Gasteiger partial charge in [0.15, 0.2) is 0 Å². The summed E-state index contributed by atoms with van der Waals surface area (Å²) in [5, 5.41) is 0. The fourth-order valence-electron chi connectivity index (χ4n) is 0.0351. The van der Waals surface area contributed by atoms with E-state index in [0.29, 0.717) is 0 Å². The van der Waals surface area contributed by atoms with E-state index in [1.807, 2.05) is 0 Å². The van der Waals surface area contributed by atoms with Gasteiger partial charge in [-0.3, -0.25) is 0 Å². The third kappa shape index (κ3) is 3.71. The Morgan fingerprint density at radius 3 is 2.17 bits per heavy atom. The number of thiocarbonyl (C=S) groups is 1.